The van der Waals surface area contributed by atoms with E-state index >= 15 is 0 Å². The van der Waals surface area contributed by atoms with Crippen molar-refractivity contribution < 1.29 is 23.0 Å². The van der Waals surface area contributed by atoms with Crippen molar-refractivity contribution in [3.05, 3.63) is 41.2 Å². The van der Waals surface area contributed by atoms with Crippen LogP contribution in [0.4, 0.5) is 18.9 Å². The molecule has 9 heteroatoms. The summed E-state index contributed by atoms with van der Waals surface area (Å²) in [5, 5.41) is 14.9. The number of alkyl halides is 3. The predicted molar refractivity (Wildman–Crippen MR) is 106 cm³/mol. The standard InChI is InChI=1S/C20H27F3N4O2/c1-7-26(5)12-24-17-9-18(29-6)16(8-14(17)4)19(28,20(21,22)23)15-10-25-27(11-15)13(2)3/h8-13,28H,7H2,1-6H3/b24-12+. The first-order valence-corrected chi connectivity index (χ1v) is 9.22. The zero-order valence-electron chi connectivity index (χ0n) is 17.4. The number of hydrogen-bond acceptors (Lipinski definition) is 4. The lowest BCUT2D eigenvalue weighted by Crippen LogP contribution is -2.43. The van der Waals surface area contributed by atoms with Crippen molar-refractivity contribution in [1.82, 2.24) is 14.7 Å². The Bertz CT molecular complexity index is 877. The van der Waals surface area contributed by atoms with E-state index in [2.05, 4.69) is 10.1 Å². The predicted octanol–water partition coefficient (Wildman–Crippen LogP) is 4.19. The number of ether oxygens (including phenoxy) is 1. The van der Waals surface area contributed by atoms with Crippen LogP contribution in [0, 0.1) is 6.92 Å². The van der Waals surface area contributed by atoms with Crippen LogP contribution in [0.1, 0.15) is 43.5 Å². The second-order valence-corrected chi connectivity index (χ2v) is 7.17. The summed E-state index contributed by atoms with van der Waals surface area (Å²) in [5.74, 6) is -0.112. The van der Waals surface area contributed by atoms with Crippen molar-refractivity contribution in [2.24, 2.45) is 4.99 Å². The van der Waals surface area contributed by atoms with E-state index in [0.717, 1.165) is 12.7 Å². The molecule has 0 bridgehead atoms. The van der Waals surface area contributed by atoms with Crippen LogP contribution >= 0.6 is 0 Å². The fraction of sp³-hybridized carbons (Fsp3) is 0.500. The van der Waals surface area contributed by atoms with E-state index in [0.29, 0.717) is 11.3 Å². The van der Waals surface area contributed by atoms with Gasteiger partial charge in [0.2, 0.25) is 5.60 Å². The molecule has 0 saturated heterocycles. The Labute approximate surface area is 168 Å². The highest BCUT2D eigenvalue weighted by molar-refractivity contribution is 5.66. The number of methoxy groups -OCH3 is 1. The molecule has 0 radical (unpaired) electrons. The van der Waals surface area contributed by atoms with Gasteiger partial charge < -0.3 is 14.7 Å². The third kappa shape index (κ3) is 4.39. The molecular formula is C20H27F3N4O2. The number of benzene rings is 1. The van der Waals surface area contributed by atoms with E-state index < -0.39 is 17.3 Å². The van der Waals surface area contributed by atoms with Gasteiger partial charge in [-0.05, 0) is 39.3 Å². The molecule has 0 aliphatic rings. The molecule has 1 unspecified atom stereocenters. The van der Waals surface area contributed by atoms with Crippen LogP contribution in [0.25, 0.3) is 0 Å². The molecule has 1 heterocycles. The van der Waals surface area contributed by atoms with E-state index in [9.17, 15) is 18.3 Å². The molecule has 0 aliphatic carbocycles. The number of rotatable bonds is 7. The highest BCUT2D eigenvalue weighted by atomic mass is 19.4. The average molecular weight is 412 g/mol. The van der Waals surface area contributed by atoms with Gasteiger partial charge in [0, 0.05) is 43.0 Å². The van der Waals surface area contributed by atoms with Gasteiger partial charge in [-0.25, -0.2) is 4.99 Å². The second kappa shape index (κ2) is 8.44. The van der Waals surface area contributed by atoms with E-state index in [1.165, 1.54) is 30.1 Å². The van der Waals surface area contributed by atoms with Gasteiger partial charge in [0.15, 0.2) is 0 Å². The molecular weight excluding hydrogens is 385 g/mol. The van der Waals surface area contributed by atoms with Gasteiger partial charge in [0.05, 0.1) is 25.3 Å². The minimum Gasteiger partial charge on any atom is -0.496 e. The summed E-state index contributed by atoms with van der Waals surface area (Å²) < 4.78 is 49.0. The van der Waals surface area contributed by atoms with Crippen LogP contribution in [0.3, 0.4) is 0 Å². The molecule has 0 amide bonds. The average Bonchev–Trinajstić information content (AvgIpc) is 3.15. The van der Waals surface area contributed by atoms with E-state index in [1.54, 1.807) is 27.1 Å². The molecule has 1 aromatic heterocycles. The van der Waals surface area contributed by atoms with Crippen LogP contribution in [0.15, 0.2) is 29.5 Å². The summed E-state index contributed by atoms with van der Waals surface area (Å²) in [5.41, 5.74) is -3.14. The minimum atomic E-state index is -5.00. The number of nitrogens with zero attached hydrogens (tertiary/aromatic N) is 4. The number of aliphatic hydroxyl groups is 1. The second-order valence-electron chi connectivity index (χ2n) is 7.17. The van der Waals surface area contributed by atoms with E-state index in [1.807, 2.05) is 18.9 Å². The fourth-order valence-electron chi connectivity index (χ4n) is 2.79. The summed E-state index contributed by atoms with van der Waals surface area (Å²) in [6, 6.07) is 2.50. The Balaban J connectivity index is 2.68. The SMILES string of the molecule is CCN(C)/C=N/c1cc(OC)c(C(O)(c2cnn(C(C)C)c2)C(F)(F)F)cc1C. The molecule has 0 spiro atoms. The van der Waals surface area contributed by atoms with Crippen LogP contribution < -0.4 is 4.74 Å². The number of aromatic nitrogens is 2. The van der Waals surface area contributed by atoms with Gasteiger partial charge in [-0.3, -0.25) is 4.68 Å². The summed E-state index contributed by atoms with van der Waals surface area (Å²) in [6.45, 7) is 7.88. The summed E-state index contributed by atoms with van der Waals surface area (Å²) >= 11 is 0. The van der Waals surface area contributed by atoms with Gasteiger partial charge in [0.1, 0.15) is 5.75 Å². The van der Waals surface area contributed by atoms with Crippen LogP contribution in [-0.2, 0) is 5.60 Å². The van der Waals surface area contributed by atoms with Crippen molar-refractivity contribution >= 4 is 12.0 Å². The Kier molecular flexibility index (Phi) is 6.62. The number of halogens is 3. The maximum absolute atomic E-state index is 14.2. The normalized spacial score (nSPS) is 14.4. The Morgan fingerprint density at radius 2 is 2.00 bits per heavy atom. The molecule has 0 fully saturated rings. The maximum Gasteiger partial charge on any atom is 0.426 e. The lowest BCUT2D eigenvalue weighted by Gasteiger charge is -2.31. The number of hydrogen-bond donors (Lipinski definition) is 1. The third-order valence-corrected chi connectivity index (χ3v) is 4.76. The summed E-state index contributed by atoms with van der Waals surface area (Å²) in [4.78, 5) is 6.14. The smallest absolute Gasteiger partial charge is 0.426 e. The van der Waals surface area contributed by atoms with Crippen molar-refractivity contribution in [2.75, 3.05) is 20.7 Å². The van der Waals surface area contributed by atoms with Crippen LogP contribution in [-0.4, -0.2) is 53.0 Å². The van der Waals surface area contributed by atoms with Crippen LogP contribution in [0.2, 0.25) is 0 Å². The summed E-state index contributed by atoms with van der Waals surface area (Å²) in [6.07, 6.45) is -1.17. The van der Waals surface area contributed by atoms with E-state index in [4.69, 9.17) is 4.74 Å². The van der Waals surface area contributed by atoms with Crippen molar-refractivity contribution in [1.29, 1.82) is 0 Å². The van der Waals surface area contributed by atoms with Crippen molar-refractivity contribution in [2.45, 2.75) is 45.5 Å². The quantitative estimate of drug-likeness (QED) is 0.547. The maximum atomic E-state index is 14.2. The number of aliphatic imine (C=N–C) groups is 1. The Morgan fingerprint density at radius 1 is 1.34 bits per heavy atom. The summed E-state index contributed by atoms with van der Waals surface area (Å²) in [7, 11) is 3.09. The molecule has 2 rings (SSSR count). The van der Waals surface area contributed by atoms with Crippen LogP contribution in [0.5, 0.6) is 5.75 Å². The lowest BCUT2D eigenvalue weighted by atomic mass is 9.85. The molecule has 6 nitrogen and oxygen atoms in total. The molecule has 0 saturated carbocycles. The molecule has 0 aliphatic heterocycles. The topological polar surface area (TPSA) is 62.9 Å². The molecule has 1 N–H and O–H groups in total. The third-order valence-electron chi connectivity index (χ3n) is 4.76. The Hall–Kier alpha value is -2.55. The fourth-order valence-corrected chi connectivity index (χ4v) is 2.79. The first-order chi connectivity index (χ1) is 13.4. The zero-order chi connectivity index (χ0) is 22.0. The van der Waals surface area contributed by atoms with Crippen molar-refractivity contribution in [3.63, 3.8) is 0 Å². The van der Waals surface area contributed by atoms with Gasteiger partial charge in [-0.15, -0.1) is 0 Å². The molecule has 2 aromatic rings. The largest absolute Gasteiger partial charge is 0.496 e. The molecule has 1 atom stereocenters. The highest BCUT2D eigenvalue weighted by Gasteiger charge is 2.58. The van der Waals surface area contributed by atoms with Gasteiger partial charge in [-0.2, -0.15) is 18.3 Å². The molecule has 160 valence electrons. The van der Waals surface area contributed by atoms with Gasteiger partial charge in [-0.1, -0.05) is 0 Å². The molecule has 1 aromatic carbocycles. The van der Waals surface area contributed by atoms with Gasteiger partial charge >= 0.3 is 6.18 Å². The number of aryl methyl sites for hydroxylation is 1. The zero-order valence-corrected chi connectivity index (χ0v) is 17.4. The first-order valence-electron chi connectivity index (χ1n) is 9.22. The Morgan fingerprint density at radius 3 is 2.48 bits per heavy atom. The molecule has 29 heavy (non-hydrogen) atoms. The lowest BCUT2D eigenvalue weighted by molar-refractivity contribution is -0.248. The highest BCUT2D eigenvalue weighted by Crippen LogP contribution is 2.48. The van der Waals surface area contributed by atoms with Gasteiger partial charge in [0.25, 0.3) is 0 Å². The minimum absolute atomic E-state index is 0.112. The van der Waals surface area contributed by atoms with E-state index in [-0.39, 0.29) is 17.4 Å². The first kappa shape index (κ1) is 22.7. The van der Waals surface area contributed by atoms with Crippen molar-refractivity contribution in [3.8, 4) is 5.75 Å². The monoisotopic (exact) mass is 412 g/mol.